The second kappa shape index (κ2) is 9.95. The van der Waals surface area contributed by atoms with Crippen LogP contribution in [0.1, 0.15) is 24.0 Å². The second-order valence-corrected chi connectivity index (χ2v) is 8.14. The summed E-state index contributed by atoms with van der Waals surface area (Å²) in [6.45, 7) is 4.16. The average Bonchev–Trinajstić information content (AvgIpc) is 3.06. The molecule has 0 spiro atoms. The maximum Gasteiger partial charge on any atom is 0.511 e. The maximum atomic E-state index is 12.6. The summed E-state index contributed by atoms with van der Waals surface area (Å²) >= 11 is 0. The lowest BCUT2D eigenvalue weighted by Crippen LogP contribution is -2.35. The Hall–Kier alpha value is -2.58. The highest BCUT2D eigenvalue weighted by Gasteiger charge is 2.21. The molecule has 1 fully saturated rings. The SMILES string of the molecule is Cc1ccc2c(c1)c(CCN(C)C)cn2C(=O)OCOC(=O)OC1CCN(C)CC1. The highest BCUT2D eigenvalue weighted by atomic mass is 16.8. The number of ether oxygens (including phenoxy) is 3. The first-order valence-corrected chi connectivity index (χ1v) is 10.3. The zero-order valence-corrected chi connectivity index (χ0v) is 18.2. The minimum atomic E-state index is -0.808. The van der Waals surface area contributed by atoms with Crippen molar-refractivity contribution in [2.75, 3.05) is 47.6 Å². The fraction of sp³-hybridized carbons (Fsp3) is 0.545. The van der Waals surface area contributed by atoms with Crippen LogP contribution in [-0.4, -0.2) is 80.3 Å². The van der Waals surface area contributed by atoms with E-state index in [1.807, 2.05) is 40.2 Å². The Morgan fingerprint density at radius 1 is 1.17 bits per heavy atom. The van der Waals surface area contributed by atoms with Crippen molar-refractivity contribution >= 4 is 23.2 Å². The number of carbonyl (C=O) groups is 2. The molecule has 0 aliphatic carbocycles. The van der Waals surface area contributed by atoms with Gasteiger partial charge in [-0.25, -0.2) is 9.59 Å². The molecule has 0 saturated carbocycles. The summed E-state index contributed by atoms with van der Waals surface area (Å²) in [5.74, 6) is 0. The smallest absolute Gasteiger partial charge is 0.431 e. The molecule has 1 aromatic heterocycles. The van der Waals surface area contributed by atoms with Crippen LogP contribution in [0.5, 0.6) is 0 Å². The molecule has 0 atom stereocenters. The largest absolute Gasteiger partial charge is 0.511 e. The van der Waals surface area contributed by atoms with Gasteiger partial charge >= 0.3 is 12.2 Å². The number of piperidine rings is 1. The molecule has 0 bridgehead atoms. The van der Waals surface area contributed by atoms with Gasteiger partial charge in [0.1, 0.15) is 6.10 Å². The van der Waals surface area contributed by atoms with E-state index in [0.717, 1.165) is 60.9 Å². The molecule has 1 aliphatic rings. The summed E-state index contributed by atoms with van der Waals surface area (Å²) in [7, 11) is 6.06. The van der Waals surface area contributed by atoms with Crippen LogP contribution in [0, 0.1) is 6.92 Å². The summed E-state index contributed by atoms with van der Waals surface area (Å²) in [6.07, 6.45) is 2.61. The summed E-state index contributed by atoms with van der Waals surface area (Å²) < 4.78 is 16.8. The van der Waals surface area contributed by atoms with E-state index in [1.165, 1.54) is 4.57 Å². The van der Waals surface area contributed by atoms with Crippen LogP contribution in [0.15, 0.2) is 24.4 Å². The Bertz CT molecular complexity index is 884. The van der Waals surface area contributed by atoms with Crippen molar-refractivity contribution in [2.45, 2.75) is 32.3 Å². The molecule has 2 heterocycles. The minimum absolute atomic E-state index is 0.153. The molecule has 164 valence electrons. The van der Waals surface area contributed by atoms with Gasteiger partial charge in [-0.2, -0.15) is 0 Å². The fourth-order valence-corrected chi connectivity index (χ4v) is 3.58. The van der Waals surface area contributed by atoms with Crippen LogP contribution in [0.2, 0.25) is 0 Å². The van der Waals surface area contributed by atoms with E-state index in [0.29, 0.717) is 0 Å². The van der Waals surface area contributed by atoms with Crippen molar-refractivity contribution < 1.29 is 23.8 Å². The number of aromatic nitrogens is 1. The predicted molar refractivity (Wildman–Crippen MR) is 114 cm³/mol. The number of likely N-dealkylation sites (tertiary alicyclic amines) is 1. The van der Waals surface area contributed by atoms with Crippen molar-refractivity contribution in [2.24, 2.45) is 0 Å². The number of hydrogen-bond donors (Lipinski definition) is 0. The van der Waals surface area contributed by atoms with Gasteiger partial charge in [0.25, 0.3) is 0 Å². The molecule has 1 aromatic carbocycles. The molecule has 0 radical (unpaired) electrons. The van der Waals surface area contributed by atoms with Gasteiger partial charge in [-0.1, -0.05) is 11.6 Å². The zero-order chi connectivity index (χ0) is 21.7. The number of benzene rings is 1. The third kappa shape index (κ3) is 5.73. The Morgan fingerprint density at radius 3 is 2.60 bits per heavy atom. The van der Waals surface area contributed by atoms with Gasteiger partial charge in [0, 0.05) is 31.2 Å². The van der Waals surface area contributed by atoms with Gasteiger partial charge < -0.3 is 24.0 Å². The van der Waals surface area contributed by atoms with Crippen molar-refractivity contribution in [1.29, 1.82) is 0 Å². The van der Waals surface area contributed by atoms with E-state index in [-0.39, 0.29) is 6.10 Å². The lowest BCUT2D eigenvalue weighted by molar-refractivity contribution is -0.0386. The Balaban J connectivity index is 1.57. The predicted octanol–water partition coefficient (Wildman–Crippen LogP) is 3.24. The van der Waals surface area contributed by atoms with Crippen molar-refractivity contribution in [3.63, 3.8) is 0 Å². The van der Waals surface area contributed by atoms with Crippen LogP contribution >= 0.6 is 0 Å². The first kappa shape index (κ1) is 22.1. The molecule has 0 amide bonds. The van der Waals surface area contributed by atoms with Crippen molar-refractivity contribution in [1.82, 2.24) is 14.4 Å². The average molecular weight is 418 g/mol. The van der Waals surface area contributed by atoms with Crippen LogP contribution in [0.25, 0.3) is 10.9 Å². The number of rotatable bonds is 6. The Kier molecular flexibility index (Phi) is 7.33. The van der Waals surface area contributed by atoms with Gasteiger partial charge in [-0.05, 0) is 65.0 Å². The molecule has 0 unspecified atom stereocenters. The van der Waals surface area contributed by atoms with Crippen LogP contribution in [0.4, 0.5) is 9.59 Å². The van der Waals surface area contributed by atoms with Gasteiger partial charge in [-0.15, -0.1) is 0 Å². The monoisotopic (exact) mass is 417 g/mol. The first-order chi connectivity index (χ1) is 14.3. The summed E-state index contributed by atoms with van der Waals surface area (Å²) in [6, 6.07) is 5.93. The van der Waals surface area contributed by atoms with Crippen molar-refractivity contribution in [3.05, 3.63) is 35.5 Å². The molecular weight excluding hydrogens is 386 g/mol. The number of carbonyl (C=O) groups excluding carboxylic acids is 2. The number of likely N-dealkylation sites (N-methyl/N-ethyl adjacent to an activating group) is 1. The molecule has 0 N–H and O–H groups in total. The van der Waals surface area contributed by atoms with Gasteiger partial charge in [0.15, 0.2) is 0 Å². The second-order valence-electron chi connectivity index (χ2n) is 8.14. The quantitative estimate of drug-likeness (QED) is 0.528. The van der Waals surface area contributed by atoms with Crippen LogP contribution in [0.3, 0.4) is 0 Å². The molecule has 30 heavy (non-hydrogen) atoms. The lowest BCUT2D eigenvalue weighted by atomic mass is 10.1. The molecule has 8 heteroatoms. The third-order valence-electron chi connectivity index (χ3n) is 5.36. The lowest BCUT2D eigenvalue weighted by Gasteiger charge is -2.28. The highest BCUT2D eigenvalue weighted by Crippen LogP contribution is 2.24. The van der Waals surface area contributed by atoms with Gasteiger partial charge in [-0.3, -0.25) is 4.57 Å². The topological polar surface area (TPSA) is 73.2 Å². The van der Waals surface area contributed by atoms with E-state index in [4.69, 9.17) is 14.2 Å². The van der Waals surface area contributed by atoms with E-state index in [1.54, 1.807) is 6.20 Å². The molecule has 1 aliphatic heterocycles. The summed E-state index contributed by atoms with van der Waals surface area (Å²) in [4.78, 5) is 28.7. The Labute approximate surface area is 177 Å². The number of nitrogens with zero attached hydrogens (tertiary/aromatic N) is 3. The van der Waals surface area contributed by atoms with E-state index in [9.17, 15) is 9.59 Å². The summed E-state index contributed by atoms with van der Waals surface area (Å²) in [5, 5.41) is 1.02. The molecule has 1 saturated heterocycles. The number of aryl methyl sites for hydroxylation is 1. The standard InChI is InChI=1S/C22H31N3O5/c1-16-5-6-20-19(13-16)17(7-10-23(2)3)14-25(20)21(26)28-15-29-22(27)30-18-8-11-24(4)12-9-18/h5-6,13-14,18H,7-12,15H2,1-4H3. The maximum absolute atomic E-state index is 12.6. The normalized spacial score (nSPS) is 15.5. The molecular formula is C22H31N3O5. The fourth-order valence-electron chi connectivity index (χ4n) is 3.58. The van der Waals surface area contributed by atoms with Crippen LogP contribution < -0.4 is 0 Å². The zero-order valence-electron chi connectivity index (χ0n) is 18.2. The van der Waals surface area contributed by atoms with E-state index >= 15 is 0 Å². The Morgan fingerprint density at radius 2 is 1.90 bits per heavy atom. The number of hydrogen-bond acceptors (Lipinski definition) is 7. The summed E-state index contributed by atoms with van der Waals surface area (Å²) in [5.41, 5.74) is 2.97. The minimum Gasteiger partial charge on any atom is -0.431 e. The third-order valence-corrected chi connectivity index (χ3v) is 5.36. The first-order valence-electron chi connectivity index (χ1n) is 10.3. The highest BCUT2D eigenvalue weighted by molar-refractivity contribution is 5.92. The van der Waals surface area contributed by atoms with E-state index in [2.05, 4.69) is 15.9 Å². The molecule has 8 nitrogen and oxygen atoms in total. The van der Waals surface area contributed by atoms with Crippen LogP contribution in [-0.2, 0) is 20.6 Å². The van der Waals surface area contributed by atoms with Gasteiger partial charge in [0.05, 0.1) is 5.52 Å². The van der Waals surface area contributed by atoms with Crippen molar-refractivity contribution in [3.8, 4) is 0 Å². The van der Waals surface area contributed by atoms with Gasteiger partial charge in [0.2, 0.25) is 6.79 Å². The molecule has 2 aromatic rings. The number of fused-ring (bicyclic) bond motifs is 1. The molecule has 3 rings (SSSR count). The van der Waals surface area contributed by atoms with E-state index < -0.39 is 19.0 Å².